The molecule has 0 unspecified atom stereocenters. The fraction of sp³-hybridized carbons (Fsp3) is 0.524. The molecule has 26 heavy (non-hydrogen) atoms. The molecule has 0 saturated carbocycles. The van der Waals surface area contributed by atoms with Gasteiger partial charge in [-0.05, 0) is 32.3 Å². The summed E-state index contributed by atoms with van der Waals surface area (Å²) in [5, 5.41) is 8.39. The van der Waals surface area contributed by atoms with Gasteiger partial charge in [0.1, 0.15) is 9.67 Å². The smallest absolute Gasteiger partial charge is 0.230 e. The van der Waals surface area contributed by atoms with E-state index in [-0.39, 0.29) is 20.8 Å². The molecule has 2 N–H and O–H groups in total. The summed E-state index contributed by atoms with van der Waals surface area (Å²) in [6.07, 6.45) is 3.95. The molecule has 3 heterocycles. The normalized spacial score (nSPS) is 15.5. The van der Waals surface area contributed by atoms with E-state index in [0.717, 1.165) is 39.5 Å². The van der Waals surface area contributed by atoms with Gasteiger partial charge in [-0.1, -0.05) is 59.5 Å². The zero-order chi connectivity index (χ0) is 17.6. The molecule has 2 aliphatic rings. The fourth-order valence-corrected chi connectivity index (χ4v) is 4.07. The summed E-state index contributed by atoms with van der Waals surface area (Å²) in [7, 11) is 0. The maximum Gasteiger partial charge on any atom is 0.230 e. The summed E-state index contributed by atoms with van der Waals surface area (Å²) in [6, 6.07) is 0. The van der Waals surface area contributed by atoms with E-state index in [2.05, 4.69) is 31.4 Å². The lowest BCUT2D eigenvalue weighted by Gasteiger charge is -2.17. The molecule has 0 atom stereocenters. The lowest BCUT2D eigenvalue weighted by atomic mass is 9.95. The van der Waals surface area contributed by atoms with E-state index in [0.29, 0.717) is 0 Å². The second kappa shape index (κ2) is 7.78. The molecule has 2 aliphatic heterocycles. The maximum atomic E-state index is 12.5. The molecule has 144 valence electrons. The Morgan fingerprint density at radius 3 is 2.42 bits per heavy atom. The van der Waals surface area contributed by atoms with Crippen LogP contribution in [0.4, 0.5) is 5.00 Å². The minimum atomic E-state index is -0.425. The molecule has 0 fully saturated rings. The van der Waals surface area contributed by atoms with E-state index in [1.165, 1.54) is 16.4 Å². The Morgan fingerprint density at radius 1 is 1.31 bits per heavy atom. The Morgan fingerprint density at radius 2 is 1.92 bits per heavy atom. The number of amides is 1. The standard InChI is InChI=1S/C19H25N3OS.2CH4/c1-7-12-8-10(2)14-15(13-9-20-13)17(22-18(23)19(4,5)6)24-16(14)21-11(12)3;;/h9,20H,7-8H2,1-6H3,(H,22,23);2*1H4. The highest BCUT2D eigenvalue weighted by Gasteiger charge is 2.27. The molecular weight excluding hydrogens is 342 g/mol. The Hall–Kier alpha value is -1.88. The van der Waals surface area contributed by atoms with Crippen LogP contribution >= 0.6 is 11.3 Å². The van der Waals surface area contributed by atoms with Crippen LogP contribution in [0.5, 0.6) is 0 Å². The zero-order valence-electron chi connectivity index (χ0n) is 15.3. The van der Waals surface area contributed by atoms with E-state index in [1.54, 1.807) is 11.3 Å². The van der Waals surface area contributed by atoms with E-state index >= 15 is 0 Å². The van der Waals surface area contributed by atoms with Gasteiger partial charge in [-0.25, -0.2) is 4.99 Å². The van der Waals surface area contributed by atoms with Crippen molar-refractivity contribution < 1.29 is 4.79 Å². The summed E-state index contributed by atoms with van der Waals surface area (Å²) >= 11 is 1.57. The van der Waals surface area contributed by atoms with Crippen molar-refractivity contribution in [2.24, 2.45) is 10.4 Å². The van der Waals surface area contributed by atoms with Gasteiger partial charge in [-0.3, -0.25) is 4.79 Å². The molecule has 0 saturated heterocycles. The molecule has 3 rings (SSSR count). The number of hydrogen-bond acceptors (Lipinski definition) is 4. The monoisotopic (exact) mass is 375 g/mol. The number of fused-ring (bicyclic) bond motifs is 1. The number of anilines is 1. The molecule has 0 aromatic carbocycles. The van der Waals surface area contributed by atoms with Crippen LogP contribution in [0, 0.1) is 5.41 Å². The van der Waals surface area contributed by atoms with Crippen LogP contribution < -0.4 is 20.5 Å². The van der Waals surface area contributed by atoms with Crippen LogP contribution in [0.25, 0.3) is 11.3 Å². The van der Waals surface area contributed by atoms with Crippen LogP contribution in [0.3, 0.4) is 0 Å². The zero-order valence-corrected chi connectivity index (χ0v) is 16.1. The molecule has 4 nitrogen and oxygen atoms in total. The molecular formula is C21H33N3OS. The third kappa shape index (κ3) is 4.09. The SMILES string of the molecule is C.C.CCC1=C(C)N=c2sc(NC(=O)C(C)(C)C)c(C3=CN3)c2=C(C)C1. The van der Waals surface area contributed by atoms with Gasteiger partial charge in [0.2, 0.25) is 5.91 Å². The highest BCUT2D eigenvalue weighted by molar-refractivity contribution is 7.14. The van der Waals surface area contributed by atoms with Gasteiger partial charge in [-0.2, -0.15) is 0 Å². The van der Waals surface area contributed by atoms with Gasteiger partial charge in [0, 0.05) is 28.1 Å². The largest absolute Gasteiger partial charge is 0.358 e. The number of carbonyl (C=O) groups excluding carboxylic acids is 1. The quantitative estimate of drug-likeness (QED) is 0.798. The van der Waals surface area contributed by atoms with Crippen LogP contribution in [-0.4, -0.2) is 5.91 Å². The second-order valence-corrected chi connectivity index (χ2v) is 8.50. The van der Waals surface area contributed by atoms with E-state index in [1.807, 2.05) is 27.0 Å². The summed E-state index contributed by atoms with van der Waals surface area (Å²) in [5.74, 6) is 0.0283. The fourth-order valence-electron chi connectivity index (χ4n) is 2.86. The van der Waals surface area contributed by atoms with Crippen molar-refractivity contribution in [1.29, 1.82) is 0 Å². The number of thiophene rings is 1. The number of nitrogens with zero attached hydrogens (tertiary/aromatic N) is 1. The predicted molar refractivity (Wildman–Crippen MR) is 114 cm³/mol. The van der Waals surface area contributed by atoms with Crippen molar-refractivity contribution in [2.45, 2.75) is 69.2 Å². The van der Waals surface area contributed by atoms with Crippen molar-refractivity contribution in [3.05, 3.63) is 32.9 Å². The van der Waals surface area contributed by atoms with Gasteiger partial charge in [0.05, 0.1) is 5.70 Å². The lowest BCUT2D eigenvalue weighted by Crippen LogP contribution is -2.28. The third-order valence-electron chi connectivity index (χ3n) is 4.47. The van der Waals surface area contributed by atoms with Crippen molar-refractivity contribution in [2.75, 3.05) is 5.32 Å². The Kier molecular flexibility index (Phi) is 6.64. The Balaban J connectivity index is 0.00000169. The van der Waals surface area contributed by atoms with Gasteiger partial charge in [-0.15, -0.1) is 0 Å². The Labute approximate surface area is 161 Å². The van der Waals surface area contributed by atoms with Crippen molar-refractivity contribution in [3.63, 3.8) is 0 Å². The van der Waals surface area contributed by atoms with E-state index in [9.17, 15) is 4.79 Å². The number of nitrogens with one attached hydrogen (secondary N) is 2. The van der Waals surface area contributed by atoms with Gasteiger partial charge >= 0.3 is 0 Å². The highest BCUT2D eigenvalue weighted by atomic mass is 32.1. The number of hydrogen-bond donors (Lipinski definition) is 2. The van der Waals surface area contributed by atoms with E-state index < -0.39 is 5.41 Å². The molecule has 1 aromatic rings. The molecule has 0 aliphatic carbocycles. The van der Waals surface area contributed by atoms with Crippen molar-refractivity contribution in [1.82, 2.24) is 5.32 Å². The number of allylic oxidation sites excluding steroid dienone is 2. The summed E-state index contributed by atoms with van der Waals surface area (Å²) in [6.45, 7) is 12.2. The molecule has 0 radical (unpaired) electrons. The van der Waals surface area contributed by atoms with Crippen molar-refractivity contribution >= 4 is 33.5 Å². The first-order valence-electron chi connectivity index (χ1n) is 8.40. The average Bonchev–Trinajstić information content (AvgIpc) is 3.27. The van der Waals surface area contributed by atoms with Crippen LogP contribution in [-0.2, 0) is 4.79 Å². The average molecular weight is 376 g/mol. The van der Waals surface area contributed by atoms with Crippen LogP contribution in [0.15, 0.2) is 22.5 Å². The number of carbonyl (C=O) groups is 1. The van der Waals surface area contributed by atoms with Gasteiger partial charge in [0.15, 0.2) is 0 Å². The summed E-state index contributed by atoms with van der Waals surface area (Å²) < 4.78 is 1.00. The molecule has 1 aromatic heterocycles. The second-order valence-electron chi connectivity index (χ2n) is 7.50. The molecule has 1 amide bonds. The predicted octanol–water partition coefficient (Wildman–Crippen LogP) is 4.78. The van der Waals surface area contributed by atoms with Crippen molar-refractivity contribution in [3.8, 4) is 0 Å². The number of rotatable bonds is 3. The maximum absolute atomic E-state index is 12.5. The lowest BCUT2D eigenvalue weighted by molar-refractivity contribution is -0.123. The van der Waals surface area contributed by atoms with E-state index in [4.69, 9.17) is 4.99 Å². The molecule has 0 bridgehead atoms. The highest BCUT2D eigenvalue weighted by Crippen LogP contribution is 2.31. The summed E-state index contributed by atoms with van der Waals surface area (Å²) in [5.41, 5.74) is 5.57. The van der Waals surface area contributed by atoms with Crippen LogP contribution in [0.1, 0.15) is 74.8 Å². The first-order chi connectivity index (χ1) is 11.2. The first kappa shape index (κ1) is 22.2. The Bertz CT molecular complexity index is 895. The molecule has 0 spiro atoms. The molecule has 5 heteroatoms. The topological polar surface area (TPSA) is 63.4 Å². The minimum absolute atomic E-state index is 0. The van der Waals surface area contributed by atoms with Gasteiger partial charge < -0.3 is 10.6 Å². The van der Waals surface area contributed by atoms with Gasteiger partial charge in [0.25, 0.3) is 0 Å². The summed E-state index contributed by atoms with van der Waals surface area (Å²) in [4.78, 5) is 17.3. The third-order valence-corrected chi connectivity index (χ3v) is 5.47. The first-order valence-corrected chi connectivity index (χ1v) is 9.22. The van der Waals surface area contributed by atoms with Crippen LogP contribution in [0.2, 0.25) is 0 Å². The minimum Gasteiger partial charge on any atom is -0.358 e.